The molecule has 0 aliphatic carbocycles. The van der Waals surface area contributed by atoms with Gasteiger partial charge in [0.25, 0.3) is 0 Å². The Morgan fingerprint density at radius 3 is 2.88 bits per heavy atom. The molecule has 1 N–H and O–H groups in total. The van der Waals surface area contributed by atoms with Gasteiger partial charge in [0.2, 0.25) is 0 Å². The summed E-state index contributed by atoms with van der Waals surface area (Å²) in [7, 11) is 0. The normalized spacial score (nSPS) is 12.6. The van der Waals surface area contributed by atoms with Crippen LogP contribution in [0.1, 0.15) is 42.2 Å². The number of aliphatic hydroxyl groups excluding tert-OH is 1. The highest BCUT2D eigenvalue weighted by atomic mass is 16.3. The van der Waals surface area contributed by atoms with Gasteiger partial charge >= 0.3 is 0 Å². The first kappa shape index (κ1) is 11.9. The Labute approximate surface area is 101 Å². The van der Waals surface area contributed by atoms with Crippen molar-refractivity contribution in [3.8, 4) is 0 Å². The van der Waals surface area contributed by atoms with Crippen molar-refractivity contribution in [2.45, 2.75) is 32.8 Å². The fourth-order valence-electron chi connectivity index (χ4n) is 1.88. The van der Waals surface area contributed by atoms with Gasteiger partial charge in [0.1, 0.15) is 18.1 Å². The molecule has 0 aliphatic heterocycles. The number of nitrogens with zero attached hydrogens (tertiary/aromatic N) is 1. The topological polar surface area (TPSA) is 46.3 Å². The molecule has 0 radical (unpaired) electrons. The van der Waals surface area contributed by atoms with E-state index in [2.05, 4.69) is 18.0 Å². The molecule has 1 aromatic heterocycles. The van der Waals surface area contributed by atoms with Gasteiger partial charge < -0.3 is 9.52 Å². The SMILES string of the molecule is CCCc1cccc(C(O)c2coc(C)n2)c1. The van der Waals surface area contributed by atoms with E-state index in [9.17, 15) is 5.11 Å². The summed E-state index contributed by atoms with van der Waals surface area (Å²) in [6.07, 6.45) is 2.93. The van der Waals surface area contributed by atoms with Crippen molar-refractivity contribution in [2.75, 3.05) is 0 Å². The fourth-order valence-corrected chi connectivity index (χ4v) is 1.88. The minimum Gasteiger partial charge on any atom is -0.449 e. The second kappa shape index (κ2) is 5.15. The number of aromatic nitrogens is 1. The summed E-state index contributed by atoms with van der Waals surface area (Å²) in [6, 6.07) is 7.98. The Bertz CT molecular complexity index is 490. The van der Waals surface area contributed by atoms with Crippen LogP contribution in [-0.4, -0.2) is 10.1 Å². The van der Waals surface area contributed by atoms with Gasteiger partial charge in [-0.15, -0.1) is 0 Å². The van der Waals surface area contributed by atoms with Gasteiger partial charge in [-0.25, -0.2) is 4.98 Å². The maximum absolute atomic E-state index is 10.2. The molecule has 90 valence electrons. The van der Waals surface area contributed by atoms with Crippen LogP contribution in [0.2, 0.25) is 0 Å². The first-order chi connectivity index (χ1) is 8.20. The summed E-state index contributed by atoms with van der Waals surface area (Å²) >= 11 is 0. The van der Waals surface area contributed by atoms with Crippen LogP contribution in [0, 0.1) is 6.92 Å². The van der Waals surface area contributed by atoms with Gasteiger partial charge in [0.05, 0.1) is 0 Å². The lowest BCUT2D eigenvalue weighted by Crippen LogP contribution is -2.01. The lowest BCUT2D eigenvalue weighted by Gasteiger charge is -2.09. The van der Waals surface area contributed by atoms with Crippen molar-refractivity contribution >= 4 is 0 Å². The van der Waals surface area contributed by atoms with Crippen LogP contribution in [0.5, 0.6) is 0 Å². The quantitative estimate of drug-likeness (QED) is 0.879. The molecule has 1 atom stereocenters. The van der Waals surface area contributed by atoms with E-state index in [-0.39, 0.29) is 0 Å². The van der Waals surface area contributed by atoms with Gasteiger partial charge in [-0.05, 0) is 17.5 Å². The van der Waals surface area contributed by atoms with E-state index in [0.29, 0.717) is 11.6 Å². The maximum atomic E-state index is 10.2. The smallest absolute Gasteiger partial charge is 0.191 e. The van der Waals surface area contributed by atoms with Gasteiger partial charge in [-0.2, -0.15) is 0 Å². The molecule has 0 spiro atoms. The number of aliphatic hydroxyl groups is 1. The lowest BCUT2D eigenvalue weighted by atomic mass is 10.0. The van der Waals surface area contributed by atoms with Gasteiger partial charge in [0.15, 0.2) is 5.89 Å². The Morgan fingerprint density at radius 2 is 2.24 bits per heavy atom. The molecule has 0 saturated heterocycles. The second-order valence-corrected chi connectivity index (χ2v) is 4.19. The second-order valence-electron chi connectivity index (χ2n) is 4.19. The molecule has 17 heavy (non-hydrogen) atoms. The van der Waals surface area contributed by atoms with Gasteiger partial charge in [0, 0.05) is 6.92 Å². The van der Waals surface area contributed by atoms with E-state index < -0.39 is 6.10 Å². The number of hydrogen-bond donors (Lipinski definition) is 1. The molecule has 0 amide bonds. The number of hydrogen-bond acceptors (Lipinski definition) is 3. The molecule has 1 heterocycles. The number of aryl methyl sites for hydroxylation is 2. The summed E-state index contributed by atoms with van der Waals surface area (Å²) in [5, 5.41) is 10.2. The van der Waals surface area contributed by atoms with Crippen molar-refractivity contribution in [1.82, 2.24) is 4.98 Å². The molecule has 1 aromatic carbocycles. The number of benzene rings is 1. The van der Waals surface area contributed by atoms with Crippen molar-refractivity contribution in [3.63, 3.8) is 0 Å². The minimum absolute atomic E-state index is 0.566. The number of oxazole rings is 1. The van der Waals surface area contributed by atoms with Crippen molar-refractivity contribution < 1.29 is 9.52 Å². The van der Waals surface area contributed by atoms with Crippen LogP contribution in [-0.2, 0) is 6.42 Å². The number of rotatable bonds is 4. The molecule has 0 bridgehead atoms. The molecule has 3 heteroatoms. The van der Waals surface area contributed by atoms with Crippen molar-refractivity contribution in [1.29, 1.82) is 0 Å². The summed E-state index contributed by atoms with van der Waals surface area (Å²) < 4.78 is 5.11. The zero-order chi connectivity index (χ0) is 12.3. The van der Waals surface area contributed by atoms with E-state index in [0.717, 1.165) is 18.4 Å². The van der Waals surface area contributed by atoms with Crippen LogP contribution < -0.4 is 0 Å². The van der Waals surface area contributed by atoms with E-state index in [1.165, 1.54) is 11.8 Å². The monoisotopic (exact) mass is 231 g/mol. The van der Waals surface area contributed by atoms with Gasteiger partial charge in [-0.3, -0.25) is 0 Å². The predicted octanol–water partition coefficient (Wildman–Crippen LogP) is 3.02. The summed E-state index contributed by atoms with van der Waals surface area (Å²) in [4.78, 5) is 4.15. The zero-order valence-corrected chi connectivity index (χ0v) is 10.2. The van der Waals surface area contributed by atoms with Crippen LogP contribution in [0.15, 0.2) is 34.9 Å². The molecule has 0 fully saturated rings. The van der Waals surface area contributed by atoms with E-state index in [4.69, 9.17) is 4.42 Å². The van der Waals surface area contributed by atoms with E-state index >= 15 is 0 Å². The maximum Gasteiger partial charge on any atom is 0.191 e. The first-order valence-electron chi connectivity index (χ1n) is 5.89. The highest BCUT2D eigenvalue weighted by Gasteiger charge is 2.14. The average molecular weight is 231 g/mol. The first-order valence-corrected chi connectivity index (χ1v) is 5.89. The highest BCUT2D eigenvalue weighted by molar-refractivity contribution is 5.29. The van der Waals surface area contributed by atoms with Crippen LogP contribution >= 0.6 is 0 Å². The minimum atomic E-state index is -0.704. The highest BCUT2D eigenvalue weighted by Crippen LogP contribution is 2.22. The lowest BCUT2D eigenvalue weighted by molar-refractivity contribution is 0.215. The van der Waals surface area contributed by atoms with Crippen molar-refractivity contribution in [3.05, 3.63) is 53.2 Å². The molecular formula is C14H17NO2. The molecule has 2 rings (SSSR count). The zero-order valence-electron chi connectivity index (χ0n) is 10.2. The molecule has 3 nitrogen and oxygen atoms in total. The Morgan fingerprint density at radius 1 is 1.41 bits per heavy atom. The Hall–Kier alpha value is -1.61. The summed E-state index contributed by atoms with van der Waals surface area (Å²) in [6.45, 7) is 3.91. The fraction of sp³-hybridized carbons (Fsp3) is 0.357. The average Bonchev–Trinajstić information content (AvgIpc) is 2.76. The predicted molar refractivity (Wildman–Crippen MR) is 65.7 cm³/mol. The van der Waals surface area contributed by atoms with Crippen LogP contribution in [0.25, 0.3) is 0 Å². The largest absolute Gasteiger partial charge is 0.449 e. The summed E-state index contributed by atoms with van der Waals surface area (Å²) in [5.41, 5.74) is 2.67. The molecule has 0 saturated carbocycles. The third kappa shape index (κ3) is 2.74. The molecule has 2 aromatic rings. The Balaban J connectivity index is 2.24. The summed E-state index contributed by atoms with van der Waals surface area (Å²) in [5.74, 6) is 0.573. The van der Waals surface area contributed by atoms with Crippen LogP contribution in [0.4, 0.5) is 0 Å². The third-order valence-electron chi connectivity index (χ3n) is 2.72. The van der Waals surface area contributed by atoms with Crippen molar-refractivity contribution in [2.24, 2.45) is 0 Å². The molecular weight excluding hydrogens is 214 g/mol. The Kier molecular flexibility index (Phi) is 3.59. The van der Waals surface area contributed by atoms with Gasteiger partial charge in [-0.1, -0.05) is 37.6 Å². The molecule has 0 aliphatic rings. The van der Waals surface area contributed by atoms with E-state index in [1.807, 2.05) is 18.2 Å². The molecule has 1 unspecified atom stereocenters. The third-order valence-corrected chi connectivity index (χ3v) is 2.72. The standard InChI is InChI=1S/C14H17NO2/c1-3-5-11-6-4-7-12(8-11)14(16)13-9-17-10(2)15-13/h4,6-9,14,16H,3,5H2,1-2H3. The van der Waals surface area contributed by atoms with E-state index in [1.54, 1.807) is 6.92 Å². The van der Waals surface area contributed by atoms with Crippen LogP contribution in [0.3, 0.4) is 0 Å².